The fraction of sp³-hybridized carbons (Fsp3) is 0.533. The van der Waals surface area contributed by atoms with E-state index in [4.69, 9.17) is 10.9 Å². The number of amidine groups is 1. The molecule has 0 atom stereocenters. The van der Waals surface area contributed by atoms with Crippen LogP contribution in [0.25, 0.3) is 0 Å². The number of nitrogens with two attached hydrogens (primary N) is 1. The molecule has 0 spiro atoms. The SMILES string of the molecule is N/C(=N/O)c1cccc(CNC2CCCCCC2)c1F. The summed E-state index contributed by atoms with van der Waals surface area (Å²) in [6.45, 7) is 0.475. The number of nitrogens with zero attached hydrogens (tertiary/aromatic N) is 1. The average molecular weight is 279 g/mol. The van der Waals surface area contributed by atoms with Gasteiger partial charge in [-0.25, -0.2) is 4.39 Å². The molecule has 0 bridgehead atoms. The molecule has 2 rings (SSSR count). The molecule has 1 aromatic rings. The number of oxime groups is 1. The number of nitrogens with one attached hydrogen (secondary N) is 1. The van der Waals surface area contributed by atoms with E-state index in [1.807, 2.05) is 0 Å². The molecule has 4 nitrogen and oxygen atoms in total. The Bertz CT molecular complexity index is 468. The van der Waals surface area contributed by atoms with Gasteiger partial charge in [-0.1, -0.05) is 43.0 Å². The summed E-state index contributed by atoms with van der Waals surface area (Å²) in [5, 5.41) is 14.9. The lowest BCUT2D eigenvalue weighted by Crippen LogP contribution is -2.28. The molecule has 0 aliphatic heterocycles. The van der Waals surface area contributed by atoms with Crippen molar-refractivity contribution in [3.63, 3.8) is 0 Å². The Morgan fingerprint density at radius 1 is 1.30 bits per heavy atom. The summed E-state index contributed by atoms with van der Waals surface area (Å²) in [6, 6.07) is 5.43. The Morgan fingerprint density at radius 2 is 2.00 bits per heavy atom. The minimum atomic E-state index is -0.413. The molecule has 0 amide bonds. The van der Waals surface area contributed by atoms with Crippen LogP contribution in [0, 0.1) is 5.82 Å². The smallest absolute Gasteiger partial charge is 0.173 e. The van der Waals surface area contributed by atoms with Gasteiger partial charge in [0.15, 0.2) is 5.84 Å². The van der Waals surface area contributed by atoms with Crippen LogP contribution in [0.2, 0.25) is 0 Å². The predicted octanol–water partition coefficient (Wildman–Crippen LogP) is 2.73. The lowest BCUT2D eigenvalue weighted by molar-refractivity contribution is 0.318. The standard InChI is InChI=1S/C15H22FN3O/c16-14-11(6-5-9-13(14)15(17)19-20)10-18-12-7-3-1-2-4-8-12/h5-6,9,12,18,20H,1-4,7-8,10H2,(H2,17,19). The van der Waals surface area contributed by atoms with Crippen LogP contribution in [0.5, 0.6) is 0 Å². The molecular formula is C15H22FN3O. The van der Waals surface area contributed by atoms with E-state index in [0.29, 0.717) is 18.2 Å². The highest BCUT2D eigenvalue weighted by Crippen LogP contribution is 2.18. The third-order valence-corrected chi connectivity index (χ3v) is 3.90. The van der Waals surface area contributed by atoms with Crippen LogP contribution in [0.4, 0.5) is 4.39 Å². The Morgan fingerprint density at radius 3 is 2.65 bits per heavy atom. The van der Waals surface area contributed by atoms with Gasteiger partial charge >= 0.3 is 0 Å². The third-order valence-electron chi connectivity index (χ3n) is 3.90. The van der Waals surface area contributed by atoms with Gasteiger partial charge in [0, 0.05) is 18.2 Å². The van der Waals surface area contributed by atoms with Gasteiger partial charge in [-0.15, -0.1) is 0 Å². The molecule has 0 radical (unpaired) electrons. The van der Waals surface area contributed by atoms with E-state index in [1.165, 1.54) is 31.7 Å². The predicted molar refractivity (Wildman–Crippen MR) is 77.2 cm³/mol. The second-order valence-electron chi connectivity index (χ2n) is 5.33. The van der Waals surface area contributed by atoms with Crippen molar-refractivity contribution >= 4 is 5.84 Å². The second-order valence-corrected chi connectivity index (χ2v) is 5.33. The van der Waals surface area contributed by atoms with Crippen LogP contribution in [-0.4, -0.2) is 17.1 Å². The Kier molecular flexibility index (Phi) is 5.35. The van der Waals surface area contributed by atoms with Crippen molar-refractivity contribution in [2.24, 2.45) is 10.9 Å². The van der Waals surface area contributed by atoms with Gasteiger partial charge in [-0.05, 0) is 18.9 Å². The first kappa shape index (κ1) is 14.8. The lowest BCUT2D eigenvalue weighted by atomic mass is 10.1. The molecule has 110 valence electrons. The fourth-order valence-electron chi connectivity index (χ4n) is 2.71. The van der Waals surface area contributed by atoms with Gasteiger partial charge in [-0.3, -0.25) is 0 Å². The molecule has 1 fully saturated rings. The second kappa shape index (κ2) is 7.24. The molecule has 5 heteroatoms. The first-order valence-corrected chi connectivity index (χ1v) is 7.21. The highest BCUT2D eigenvalue weighted by Gasteiger charge is 2.14. The number of hydrogen-bond donors (Lipinski definition) is 3. The third kappa shape index (κ3) is 3.70. The monoisotopic (exact) mass is 279 g/mol. The van der Waals surface area contributed by atoms with Gasteiger partial charge in [0.2, 0.25) is 0 Å². The van der Waals surface area contributed by atoms with Crippen LogP contribution in [0.1, 0.15) is 49.7 Å². The Balaban J connectivity index is 2.02. The quantitative estimate of drug-likeness (QED) is 0.261. The van der Waals surface area contributed by atoms with E-state index in [-0.39, 0.29) is 11.4 Å². The molecule has 20 heavy (non-hydrogen) atoms. The molecule has 0 aromatic heterocycles. The highest BCUT2D eigenvalue weighted by molar-refractivity contribution is 5.97. The molecule has 1 aliphatic carbocycles. The van der Waals surface area contributed by atoms with E-state index in [1.54, 1.807) is 12.1 Å². The summed E-state index contributed by atoms with van der Waals surface area (Å²) in [6.07, 6.45) is 7.38. The van der Waals surface area contributed by atoms with Crippen molar-refractivity contribution < 1.29 is 9.60 Å². The van der Waals surface area contributed by atoms with Gasteiger partial charge in [0.25, 0.3) is 0 Å². The summed E-state index contributed by atoms with van der Waals surface area (Å²) < 4.78 is 14.2. The van der Waals surface area contributed by atoms with Crippen LogP contribution in [0.15, 0.2) is 23.4 Å². The van der Waals surface area contributed by atoms with E-state index in [0.717, 1.165) is 12.8 Å². The first-order valence-electron chi connectivity index (χ1n) is 7.21. The fourth-order valence-corrected chi connectivity index (χ4v) is 2.71. The van der Waals surface area contributed by atoms with Crippen LogP contribution in [0.3, 0.4) is 0 Å². The average Bonchev–Trinajstić information content (AvgIpc) is 2.74. The minimum absolute atomic E-state index is 0.146. The topological polar surface area (TPSA) is 70.6 Å². The molecular weight excluding hydrogens is 257 g/mol. The van der Waals surface area contributed by atoms with E-state index in [9.17, 15) is 4.39 Å². The number of hydrogen-bond acceptors (Lipinski definition) is 3. The van der Waals surface area contributed by atoms with Gasteiger partial charge < -0.3 is 16.3 Å². The van der Waals surface area contributed by atoms with Gasteiger partial charge in [0.05, 0.1) is 5.56 Å². The van der Waals surface area contributed by atoms with E-state index >= 15 is 0 Å². The van der Waals surface area contributed by atoms with Crippen molar-refractivity contribution in [3.05, 3.63) is 35.1 Å². The van der Waals surface area contributed by atoms with Gasteiger partial charge in [0.1, 0.15) is 5.82 Å². The molecule has 0 heterocycles. The zero-order chi connectivity index (χ0) is 14.4. The maximum Gasteiger partial charge on any atom is 0.173 e. The number of rotatable bonds is 4. The van der Waals surface area contributed by atoms with Crippen LogP contribution >= 0.6 is 0 Å². The first-order chi connectivity index (χ1) is 9.72. The minimum Gasteiger partial charge on any atom is -0.409 e. The molecule has 0 unspecified atom stereocenters. The molecule has 1 saturated carbocycles. The van der Waals surface area contributed by atoms with E-state index in [2.05, 4.69) is 10.5 Å². The molecule has 0 saturated heterocycles. The summed E-state index contributed by atoms with van der Waals surface area (Å²) >= 11 is 0. The normalized spacial score (nSPS) is 17.9. The van der Waals surface area contributed by atoms with Crippen molar-refractivity contribution in [3.8, 4) is 0 Å². The Hall–Kier alpha value is -1.62. The zero-order valence-corrected chi connectivity index (χ0v) is 11.6. The largest absolute Gasteiger partial charge is 0.409 e. The summed E-state index contributed by atoms with van der Waals surface area (Å²) in [5.41, 5.74) is 6.16. The molecule has 1 aromatic carbocycles. The van der Waals surface area contributed by atoms with Crippen molar-refractivity contribution in [2.45, 2.75) is 51.1 Å². The summed E-state index contributed by atoms with van der Waals surface area (Å²) in [7, 11) is 0. The van der Waals surface area contributed by atoms with Crippen molar-refractivity contribution in [1.29, 1.82) is 0 Å². The molecule has 1 aliphatic rings. The number of benzene rings is 1. The lowest BCUT2D eigenvalue weighted by Gasteiger charge is -2.17. The van der Waals surface area contributed by atoms with Crippen LogP contribution < -0.4 is 11.1 Å². The molecule has 4 N–H and O–H groups in total. The van der Waals surface area contributed by atoms with E-state index < -0.39 is 5.82 Å². The maximum atomic E-state index is 14.2. The van der Waals surface area contributed by atoms with Crippen molar-refractivity contribution in [1.82, 2.24) is 5.32 Å². The Labute approximate surface area is 118 Å². The summed E-state index contributed by atoms with van der Waals surface area (Å²) in [5.74, 6) is -0.609. The summed E-state index contributed by atoms with van der Waals surface area (Å²) in [4.78, 5) is 0. The van der Waals surface area contributed by atoms with Crippen molar-refractivity contribution in [2.75, 3.05) is 0 Å². The van der Waals surface area contributed by atoms with Gasteiger partial charge in [-0.2, -0.15) is 0 Å². The maximum absolute atomic E-state index is 14.2. The number of halogens is 1. The van der Waals surface area contributed by atoms with Crippen LogP contribution in [-0.2, 0) is 6.54 Å². The zero-order valence-electron chi connectivity index (χ0n) is 11.6. The highest BCUT2D eigenvalue weighted by atomic mass is 19.1.